The van der Waals surface area contributed by atoms with Crippen LogP contribution in [0.25, 0.3) is 0 Å². The van der Waals surface area contributed by atoms with E-state index in [4.69, 9.17) is 15.2 Å². The Hall–Kier alpha value is -4.58. The van der Waals surface area contributed by atoms with E-state index in [2.05, 4.69) is 10.6 Å². The quantitative estimate of drug-likeness (QED) is 0.137. The van der Waals surface area contributed by atoms with Crippen LogP contribution in [0.15, 0.2) is 54.6 Å². The van der Waals surface area contributed by atoms with Crippen LogP contribution < -0.4 is 20.7 Å². The predicted molar refractivity (Wildman–Crippen MR) is 250 cm³/mol. The van der Waals surface area contributed by atoms with Crippen LogP contribution in [0, 0.1) is 23.7 Å². The molecule has 1 fully saturated rings. The van der Waals surface area contributed by atoms with Crippen LogP contribution >= 0.6 is 0 Å². The number of hydrogen-bond acceptors (Lipinski definition) is 11. The minimum absolute atomic E-state index is 0.00362. The van der Waals surface area contributed by atoms with E-state index in [0.29, 0.717) is 41.4 Å². The van der Waals surface area contributed by atoms with Gasteiger partial charge in [0, 0.05) is 39.9 Å². The Bertz CT molecular complexity index is 1960. The van der Waals surface area contributed by atoms with Gasteiger partial charge in [0.15, 0.2) is 0 Å². The number of nitrogens with zero attached hydrogens (tertiary/aromatic N) is 4. The summed E-state index contributed by atoms with van der Waals surface area (Å²) in [6, 6.07) is 11.2. The number of hydrogen-bond donors (Lipinski definition) is 3. The molecule has 1 aliphatic rings. The van der Waals surface area contributed by atoms with Gasteiger partial charge in [-0.2, -0.15) is 0 Å². The van der Waals surface area contributed by atoms with Crippen LogP contribution in [0.2, 0.25) is 0 Å². The van der Waals surface area contributed by atoms with Gasteiger partial charge in [0.2, 0.25) is 33.7 Å². The lowest BCUT2D eigenvalue weighted by Gasteiger charge is -2.41. The summed E-state index contributed by atoms with van der Waals surface area (Å²) < 4.78 is 39.0. The highest BCUT2D eigenvalue weighted by atomic mass is 32.2. The van der Waals surface area contributed by atoms with Crippen LogP contribution in [-0.4, -0.2) is 143 Å². The number of likely N-dealkylation sites (tertiary alicyclic amines) is 1. The van der Waals surface area contributed by atoms with E-state index in [1.165, 1.54) is 38.5 Å². The van der Waals surface area contributed by atoms with Gasteiger partial charge in [-0.15, -0.1) is 0 Å². The molecule has 0 aliphatic carbocycles. The molecular formula is C47H75N7O9S. The molecule has 4 N–H and O–H groups in total. The Labute approximate surface area is 382 Å². The van der Waals surface area contributed by atoms with E-state index in [9.17, 15) is 32.4 Å². The van der Waals surface area contributed by atoms with Gasteiger partial charge >= 0.3 is 0 Å². The molecule has 3 rings (SSSR count). The van der Waals surface area contributed by atoms with Crippen molar-refractivity contribution in [1.82, 2.24) is 25.3 Å². The van der Waals surface area contributed by atoms with Crippen molar-refractivity contribution in [2.24, 2.45) is 23.7 Å². The van der Waals surface area contributed by atoms with Crippen molar-refractivity contribution in [3.8, 4) is 0 Å². The number of carbonyl (C=O) groups is 5. The molecule has 0 radical (unpaired) electrons. The molecule has 9 atom stereocenters. The molecule has 64 heavy (non-hydrogen) atoms. The monoisotopic (exact) mass is 914 g/mol. The highest BCUT2D eigenvalue weighted by Gasteiger charge is 2.44. The second-order valence-corrected chi connectivity index (χ2v) is 20.0. The molecule has 0 aromatic heterocycles. The standard InChI is InChI=1S/C47H75N7O9S/c1-14-31(6)42(52(10)47(59)40(29(2)3)50-45(57)41(30(4)5)51(8)9)38(62-11)28-39(55)53-26-18-21-37(53)43(63-12)32(7)44(56)49-36(27-33-19-16-15-17-20-33)46(58)54(64(13,60)61)35-24-22-34(48)23-25-35/h15-17,19-20,22-25,29-32,36-38,40-43H,14,18,21,26-28,48H2,1-13H3,(H,49,56)(H,50,57)/t31-,32-,36+,37+,38-,40+,41+,42+,43-/m1/s1. The number of nitrogen functional groups attached to an aromatic ring is 1. The molecule has 2 aromatic carbocycles. The summed E-state index contributed by atoms with van der Waals surface area (Å²) in [5.41, 5.74) is 7.00. The van der Waals surface area contributed by atoms with Gasteiger partial charge in [-0.25, -0.2) is 12.7 Å². The molecule has 0 unspecified atom stereocenters. The summed E-state index contributed by atoms with van der Waals surface area (Å²) in [6.45, 7) is 13.8. The smallest absolute Gasteiger partial charge is 0.263 e. The second kappa shape index (κ2) is 24.1. The molecule has 0 bridgehead atoms. The summed E-state index contributed by atoms with van der Waals surface area (Å²) in [5.74, 6) is -3.35. The Kier molecular flexibility index (Phi) is 20.2. The fraction of sp³-hybridized carbons (Fsp3) is 0.638. The largest absolute Gasteiger partial charge is 0.399 e. The lowest BCUT2D eigenvalue weighted by Crippen LogP contribution is -2.59. The van der Waals surface area contributed by atoms with Gasteiger partial charge in [0.1, 0.15) is 12.1 Å². The maximum atomic E-state index is 14.4. The number of methoxy groups -OCH3 is 2. The number of carbonyl (C=O) groups excluding carboxylic acids is 5. The van der Waals surface area contributed by atoms with Gasteiger partial charge in [-0.1, -0.05) is 85.2 Å². The molecule has 5 amide bonds. The molecule has 1 saturated heterocycles. The van der Waals surface area contributed by atoms with Crippen molar-refractivity contribution in [2.45, 2.75) is 123 Å². The number of sulfonamides is 1. The van der Waals surface area contributed by atoms with Crippen molar-refractivity contribution >= 4 is 50.9 Å². The highest BCUT2D eigenvalue weighted by Crippen LogP contribution is 2.30. The summed E-state index contributed by atoms with van der Waals surface area (Å²) in [6.07, 6.45) is 1.21. The molecule has 0 saturated carbocycles. The zero-order valence-corrected chi connectivity index (χ0v) is 41.1. The molecule has 16 nitrogen and oxygen atoms in total. The topological polar surface area (TPSA) is 201 Å². The fourth-order valence-corrected chi connectivity index (χ4v) is 9.96. The molecule has 1 aliphatic heterocycles. The highest BCUT2D eigenvalue weighted by molar-refractivity contribution is 7.92. The fourth-order valence-electron chi connectivity index (χ4n) is 9.00. The van der Waals surface area contributed by atoms with Gasteiger partial charge in [0.25, 0.3) is 5.91 Å². The normalized spacial score (nSPS) is 18.1. The van der Waals surface area contributed by atoms with Crippen molar-refractivity contribution < 1.29 is 41.9 Å². The maximum absolute atomic E-state index is 14.4. The Morgan fingerprint density at radius 2 is 1.45 bits per heavy atom. The van der Waals surface area contributed by atoms with Crippen LogP contribution in [0.5, 0.6) is 0 Å². The Morgan fingerprint density at radius 1 is 0.844 bits per heavy atom. The third-order valence-electron chi connectivity index (χ3n) is 12.5. The Balaban J connectivity index is 1.89. The average molecular weight is 914 g/mol. The van der Waals surface area contributed by atoms with Crippen molar-refractivity contribution in [1.29, 1.82) is 0 Å². The predicted octanol–water partition coefficient (Wildman–Crippen LogP) is 3.94. The Morgan fingerprint density at radius 3 is 1.95 bits per heavy atom. The second-order valence-electron chi connectivity index (χ2n) is 18.2. The zero-order chi connectivity index (χ0) is 48.2. The first-order valence-electron chi connectivity index (χ1n) is 22.3. The molecule has 2 aromatic rings. The van der Waals surface area contributed by atoms with Gasteiger partial charge in [0.05, 0.1) is 54.6 Å². The summed E-state index contributed by atoms with van der Waals surface area (Å²) >= 11 is 0. The van der Waals surface area contributed by atoms with E-state index in [-0.39, 0.29) is 54.0 Å². The number of rotatable bonds is 23. The lowest BCUT2D eigenvalue weighted by molar-refractivity contribution is -0.148. The first-order chi connectivity index (χ1) is 30.0. The summed E-state index contributed by atoms with van der Waals surface area (Å²) in [7, 11) is 4.20. The first-order valence-corrected chi connectivity index (χ1v) is 24.2. The van der Waals surface area contributed by atoms with Crippen molar-refractivity contribution in [2.75, 3.05) is 58.2 Å². The molecule has 1 heterocycles. The van der Waals surface area contributed by atoms with Crippen LogP contribution in [0.4, 0.5) is 11.4 Å². The minimum Gasteiger partial charge on any atom is -0.399 e. The SMILES string of the molecule is CC[C@@H](C)[C@@H]([C@@H](CC(=O)N1CCC[C@H]1[C@H](OC)[C@@H](C)C(=O)N[C@@H](Cc1ccccc1)C(=O)N(c1ccc(N)cc1)S(C)(=O)=O)OC)N(C)C(=O)[C@@H](NC(=O)[C@H](C(C)C)N(C)C)C(C)C. The first kappa shape index (κ1) is 53.8. The third-order valence-corrected chi connectivity index (χ3v) is 13.6. The molecular weight excluding hydrogens is 839 g/mol. The summed E-state index contributed by atoms with van der Waals surface area (Å²) in [5, 5.41) is 5.86. The number of nitrogens with one attached hydrogen (secondary N) is 2. The average Bonchev–Trinajstić information content (AvgIpc) is 3.72. The number of likely N-dealkylation sites (N-methyl/N-ethyl adjacent to an activating group) is 2. The number of nitrogens with two attached hydrogens (primary N) is 1. The van der Waals surface area contributed by atoms with Crippen molar-refractivity contribution in [3.05, 3.63) is 60.2 Å². The number of amides is 5. The van der Waals surface area contributed by atoms with E-state index in [1.807, 2.05) is 66.6 Å². The van der Waals surface area contributed by atoms with Gasteiger partial charge in [-0.3, -0.25) is 28.9 Å². The molecule has 17 heteroatoms. The van der Waals surface area contributed by atoms with Crippen LogP contribution in [0.3, 0.4) is 0 Å². The molecule has 358 valence electrons. The van der Waals surface area contributed by atoms with E-state index < -0.39 is 70.2 Å². The summed E-state index contributed by atoms with van der Waals surface area (Å²) in [4.78, 5) is 76.0. The van der Waals surface area contributed by atoms with Crippen LogP contribution in [0.1, 0.15) is 79.7 Å². The van der Waals surface area contributed by atoms with E-state index in [0.717, 1.165) is 6.26 Å². The van der Waals surface area contributed by atoms with Crippen LogP contribution in [-0.2, 0) is 49.9 Å². The zero-order valence-electron chi connectivity index (χ0n) is 40.2. The van der Waals surface area contributed by atoms with Crippen molar-refractivity contribution in [3.63, 3.8) is 0 Å². The van der Waals surface area contributed by atoms with E-state index in [1.54, 1.807) is 48.0 Å². The number of ether oxygens (including phenoxy) is 2. The number of anilines is 2. The van der Waals surface area contributed by atoms with E-state index >= 15 is 0 Å². The van der Waals surface area contributed by atoms with Gasteiger partial charge < -0.3 is 35.6 Å². The maximum Gasteiger partial charge on any atom is 0.263 e. The van der Waals surface area contributed by atoms with Gasteiger partial charge in [-0.05, 0) is 74.5 Å². The minimum atomic E-state index is -4.16. The lowest BCUT2D eigenvalue weighted by atomic mass is 9.89. The third kappa shape index (κ3) is 13.7. The number of benzene rings is 2. The molecule has 0 spiro atoms.